The summed E-state index contributed by atoms with van der Waals surface area (Å²) in [5, 5.41) is 8.89. The van der Waals surface area contributed by atoms with Crippen molar-refractivity contribution in [1.82, 2.24) is 15.1 Å². The van der Waals surface area contributed by atoms with Gasteiger partial charge in [0.15, 0.2) is 6.23 Å². The van der Waals surface area contributed by atoms with Gasteiger partial charge in [0.25, 0.3) is 5.19 Å². The van der Waals surface area contributed by atoms with Crippen LogP contribution in [0.15, 0.2) is 30.3 Å². The highest BCUT2D eigenvalue weighted by molar-refractivity contribution is 7.17. The molecule has 1 atom stereocenters. The molecule has 9 nitrogen and oxygen atoms in total. The molecule has 1 saturated carbocycles. The Hall–Kier alpha value is -3.32. The first-order valence-corrected chi connectivity index (χ1v) is 13.4. The Labute approximate surface area is 216 Å². The number of amides is 3. The second kappa shape index (κ2) is 11.2. The van der Waals surface area contributed by atoms with Crippen LogP contribution in [-0.4, -0.2) is 58.2 Å². The number of hydrogen-bond acceptors (Lipinski definition) is 7. The maximum atomic E-state index is 13.9. The normalized spacial score (nSPS) is 18.4. The summed E-state index contributed by atoms with van der Waals surface area (Å²) in [4.78, 5) is 32.2. The maximum Gasteiger partial charge on any atom is 0.416 e. The van der Waals surface area contributed by atoms with Crippen LogP contribution in [0.2, 0.25) is 0 Å². The van der Waals surface area contributed by atoms with Crippen molar-refractivity contribution >= 4 is 34.3 Å². The Kier molecular flexibility index (Phi) is 7.99. The van der Waals surface area contributed by atoms with E-state index in [1.165, 1.54) is 4.90 Å². The Balaban J connectivity index is 1.64. The van der Waals surface area contributed by atoms with Crippen LogP contribution >= 0.6 is 11.3 Å². The minimum Gasteiger partial charge on any atom is -0.469 e. The van der Waals surface area contributed by atoms with Crippen LogP contribution in [0.4, 0.5) is 20.4 Å². The molecule has 1 unspecified atom stereocenters. The Morgan fingerprint density at radius 1 is 1.19 bits per heavy atom. The van der Waals surface area contributed by atoms with Crippen LogP contribution < -0.4 is 14.5 Å². The fourth-order valence-corrected chi connectivity index (χ4v) is 5.49. The Morgan fingerprint density at radius 2 is 1.92 bits per heavy atom. The molecule has 4 rings (SSSR count). The summed E-state index contributed by atoms with van der Waals surface area (Å²) in [6, 6.07) is 9.22. The number of para-hydroxylation sites is 1. The molecule has 2 aliphatic rings. The van der Waals surface area contributed by atoms with E-state index in [1.807, 2.05) is 51.1 Å². The van der Waals surface area contributed by atoms with Gasteiger partial charge >= 0.3 is 12.1 Å². The number of nitrogens with zero attached hydrogens (tertiary/aromatic N) is 5. The SMILES string of the molecule is C#CC(CC)(CC)N1CCC(OC(=O)N(c2ccccc2)C2CCC2)N(c2nnc(OCC)s2)C1=O. The number of anilines is 2. The number of urea groups is 1. The van der Waals surface area contributed by atoms with Crippen LogP contribution in [0.1, 0.15) is 59.3 Å². The molecular weight excluding hydrogens is 478 g/mol. The number of ether oxygens (including phenoxy) is 2. The fraction of sp³-hybridized carbons (Fsp3) is 0.538. The summed E-state index contributed by atoms with van der Waals surface area (Å²) in [6.07, 6.45) is 9.09. The monoisotopic (exact) mass is 511 g/mol. The quantitative estimate of drug-likeness (QED) is 0.426. The largest absolute Gasteiger partial charge is 0.469 e. The third-order valence-electron chi connectivity index (χ3n) is 7.06. The highest BCUT2D eigenvalue weighted by atomic mass is 32.1. The van der Waals surface area contributed by atoms with Crippen LogP contribution in [-0.2, 0) is 4.74 Å². The molecule has 0 radical (unpaired) electrons. The fourth-order valence-electron chi connectivity index (χ4n) is 4.70. The number of benzene rings is 1. The first-order valence-electron chi connectivity index (χ1n) is 12.6. The van der Waals surface area contributed by atoms with Crippen LogP contribution in [0.5, 0.6) is 5.19 Å². The minimum absolute atomic E-state index is 0.0736. The molecule has 2 fully saturated rings. The highest BCUT2D eigenvalue weighted by Crippen LogP contribution is 2.37. The van der Waals surface area contributed by atoms with Crippen molar-refractivity contribution in [2.24, 2.45) is 0 Å². The lowest BCUT2D eigenvalue weighted by Crippen LogP contribution is -2.63. The predicted octanol–water partition coefficient (Wildman–Crippen LogP) is 5.28. The van der Waals surface area contributed by atoms with E-state index in [-0.39, 0.29) is 12.1 Å². The van der Waals surface area contributed by atoms with Gasteiger partial charge in [-0.25, -0.2) is 14.5 Å². The number of rotatable bonds is 9. The van der Waals surface area contributed by atoms with Crippen molar-refractivity contribution in [3.05, 3.63) is 30.3 Å². The molecule has 192 valence electrons. The Morgan fingerprint density at radius 3 is 2.50 bits per heavy atom. The summed E-state index contributed by atoms with van der Waals surface area (Å²) in [5.41, 5.74) is 0.0418. The predicted molar refractivity (Wildman–Crippen MR) is 139 cm³/mol. The molecule has 3 amide bonds. The highest BCUT2D eigenvalue weighted by Gasteiger charge is 2.46. The third kappa shape index (κ3) is 4.85. The Bertz CT molecular complexity index is 1090. The molecule has 0 spiro atoms. The van der Waals surface area contributed by atoms with Crippen molar-refractivity contribution in [3.8, 4) is 17.5 Å². The molecule has 2 heterocycles. The second-order valence-corrected chi connectivity index (χ2v) is 9.81. The van der Waals surface area contributed by atoms with Crippen LogP contribution in [0.25, 0.3) is 0 Å². The molecule has 1 aromatic carbocycles. The molecule has 1 aliphatic heterocycles. The summed E-state index contributed by atoms with van der Waals surface area (Å²) >= 11 is 1.14. The second-order valence-electron chi connectivity index (χ2n) is 8.89. The van der Waals surface area contributed by atoms with Gasteiger partial charge in [-0.2, -0.15) is 0 Å². The van der Waals surface area contributed by atoms with Crippen LogP contribution in [0, 0.1) is 12.3 Å². The number of hydrogen-bond donors (Lipinski definition) is 0. The lowest BCUT2D eigenvalue weighted by atomic mass is 9.90. The van der Waals surface area contributed by atoms with E-state index in [0.717, 1.165) is 36.3 Å². The molecule has 1 aromatic heterocycles. The van der Waals surface area contributed by atoms with Gasteiger partial charge in [0, 0.05) is 24.7 Å². The van der Waals surface area contributed by atoms with Gasteiger partial charge in [0.1, 0.15) is 5.54 Å². The van der Waals surface area contributed by atoms with Gasteiger partial charge in [-0.05, 0) is 62.5 Å². The smallest absolute Gasteiger partial charge is 0.416 e. The average molecular weight is 512 g/mol. The standard InChI is InChI=1S/C26H33N5O4S/c1-5-26(6-2,7-3)29-18-17-21(31(24(29)32)22-27-28-23(36-22)34-8-4)35-25(33)30(20-15-12-16-20)19-13-10-9-11-14-19/h1,9-11,13-14,20-21H,6-8,12,15-18H2,2-4H3. The molecule has 0 N–H and O–H groups in total. The zero-order valence-electron chi connectivity index (χ0n) is 21.1. The summed E-state index contributed by atoms with van der Waals surface area (Å²) in [6.45, 7) is 6.59. The molecule has 1 aliphatic carbocycles. The first-order chi connectivity index (χ1) is 17.5. The van der Waals surface area contributed by atoms with Gasteiger partial charge < -0.3 is 14.4 Å². The zero-order chi connectivity index (χ0) is 25.7. The molecule has 2 aromatic rings. The van der Waals surface area contributed by atoms with Crippen molar-refractivity contribution in [2.45, 2.75) is 77.1 Å². The molecule has 36 heavy (non-hydrogen) atoms. The minimum atomic E-state index is -0.848. The summed E-state index contributed by atoms with van der Waals surface area (Å²) in [5.74, 6) is 2.84. The van der Waals surface area contributed by atoms with Crippen molar-refractivity contribution in [2.75, 3.05) is 23.0 Å². The van der Waals surface area contributed by atoms with Gasteiger partial charge in [-0.3, -0.25) is 4.90 Å². The van der Waals surface area contributed by atoms with E-state index in [1.54, 1.807) is 9.80 Å². The maximum absolute atomic E-state index is 13.9. The lowest BCUT2D eigenvalue weighted by Gasteiger charge is -2.47. The first kappa shape index (κ1) is 25.8. The van der Waals surface area contributed by atoms with E-state index in [0.29, 0.717) is 42.7 Å². The van der Waals surface area contributed by atoms with Crippen molar-refractivity contribution in [3.63, 3.8) is 0 Å². The van der Waals surface area contributed by atoms with E-state index in [9.17, 15) is 9.59 Å². The van der Waals surface area contributed by atoms with Gasteiger partial charge in [-0.15, -0.1) is 11.5 Å². The average Bonchev–Trinajstić information content (AvgIpc) is 3.32. The van der Waals surface area contributed by atoms with E-state index >= 15 is 0 Å². The molecule has 10 heteroatoms. The van der Waals surface area contributed by atoms with E-state index in [2.05, 4.69) is 16.1 Å². The molecule has 1 saturated heterocycles. The summed E-state index contributed by atoms with van der Waals surface area (Å²) < 4.78 is 11.5. The number of terminal acetylenes is 1. The zero-order valence-corrected chi connectivity index (χ0v) is 21.9. The summed E-state index contributed by atoms with van der Waals surface area (Å²) in [7, 11) is 0. The van der Waals surface area contributed by atoms with Crippen molar-refractivity contribution < 1.29 is 19.1 Å². The van der Waals surface area contributed by atoms with Gasteiger partial charge in [-0.1, -0.05) is 43.1 Å². The number of carbonyl (C=O) groups excluding carboxylic acids is 2. The van der Waals surface area contributed by atoms with Gasteiger partial charge in [0.2, 0.25) is 5.13 Å². The molecule has 0 bridgehead atoms. The van der Waals surface area contributed by atoms with Gasteiger partial charge in [0.05, 0.1) is 6.61 Å². The third-order valence-corrected chi connectivity index (χ3v) is 7.89. The van der Waals surface area contributed by atoms with E-state index in [4.69, 9.17) is 15.9 Å². The molecular formula is C26H33N5O4S. The number of carbonyl (C=O) groups is 2. The number of aromatic nitrogens is 2. The lowest BCUT2D eigenvalue weighted by molar-refractivity contribution is 0.0542. The van der Waals surface area contributed by atoms with Crippen LogP contribution in [0.3, 0.4) is 0 Å². The van der Waals surface area contributed by atoms with E-state index < -0.39 is 17.9 Å². The van der Waals surface area contributed by atoms with Crippen molar-refractivity contribution in [1.29, 1.82) is 0 Å². The topological polar surface area (TPSA) is 88.1 Å².